The van der Waals surface area contributed by atoms with E-state index < -0.39 is 5.60 Å². The van der Waals surface area contributed by atoms with Crippen molar-refractivity contribution in [2.75, 3.05) is 31.1 Å². The molecule has 0 unspecified atom stereocenters. The Labute approximate surface area is 187 Å². The van der Waals surface area contributed by atoms with Gasteiger partial charge in [-0.3, -0.25) is 4.68 Å². The monoisotopic (exact) mass is 435 g/mol. The number of carbonyl (C=O) groups is 1. The number of hydrogen-bond donors (Lipinski definition) is 0. The van der Waals surface area contributed by atoms with Crippen molar-refractivity contribution in [3.63, 3.8) is 0 Å². The number of rotatable bonds is 3. The van der Waals surface area contributed by atoms with Crippen LogP contribution in [0.5, 0.6) is 0 Å². The second-order valence-electron chi connectivity index (χ2n) is 9.33. The number of nitriles is 1. The van der Waals surface area contributed by atoms with Crippen LogP contribution in [0.1, 0.15) is 46.2 Å². The van der Waals surface area contributed by atoms with Crippen LogP contribution in [0.3, 0.4) is 0 Å². The van der Waals surface area contributed by atoms with E-state index in [4.69, 9.17) is 4.74 Å². The maximum absolute atomic E-state index is 12.4. The van der Waals surface area contributed by atoms with Crippen LogP contribution in [0.25, 0.3) is 16.6 Å². The number of hydrogen-bond acceptors (Lipinski definition) is 6. The molecule has 3 aromatic rings. The van der Waals surface area contributed by atoms with Crippen LogP contribution >= 0.6 is 0 Å². The van der Waals surface area contributed by atoms with Crippen LogP contribution in [-0.4, -0.2) is 62.2 Å². The molecule has 1 saturated heterocycles. The van der Waals surface area contributed by atoms with Gasteiger partial charge in [0.25, 0.3) is 0 Å². The molecule has 1 aliphatic rings. The molecule has 3 aromatic heterocycles. The fourth-order valence-corrected chi connectivity index (χ4v) is 3.81. The molecule has 0 N–H and O–H groups in total. The third-order valence-corrected chi connectivity index (χ3v) is 5.45. The smallest absolute Gasteiger partial charge is 0.410 e. The summed E-state index contributed by atoms with van der Waals surface area (Å²) in [5, 5.41) is 18.5. The number of piperazine rings is 1. The summed E-state index contributed by atoms with van der Waals surface area (Å²) >= 11 is 0. The Kier molecular flexibility index (Phi) is 5.55. The summed E-state index contributed by atoms with van der Waals surface area (Å²) in [5.74, 6) is 0. The molecular formula is C23H29N7O2. The van der Waals surface area contributed by atoms with Gasteiger partial charge in [-0.15, -0.1) is 0 Å². The average molecular weight is 436 g/mol. The van der Waals surface area contributed by atoms with Crippen molar-refractivity contribution in [1.82, 2.24) is 24.3 Å². The first-order valence-corrected chi connectivity index (χ1v) is 10.8. The number of anilines is 1. The minimum Gasteiger partial charge on any atom is -0.444 e. The Bertz CT molecular complexity index is 1170. The normalized spacial score (nSPS) is 14.8. The highest BCUT2D eigenvalue weighted by Crippen LogP contribution is 2.32. The minimum atomic E-state index is -0.519. The molecule has 0 spiro atoms. The summed E-state index contributed by atoms with van der Waals surface area (Å²) in [6.07, 6.45) is 7.10. The molecule has 1 fully saturated rings. The lowest BCUT2D eigenvalue weighted by atomic mass is 10.1. The summed E-state index contributed by atoms with van der Waals surface area (Å²) in [5.41, 5.74) is 3.67. The van der Waals surface area contributed by atoms with Crippen molar-refractivity contribution >= 4 is 17.3 Å². The quantitative estimate of drug-likeness (QED) is 0.623. The van der Waals surface area contributed by atoms with Crippen molar-refractivity contribution in [2.45, 2.75) is 46.3 Å². The predicted octanol–water partition coefficient (Wildman–Crippen LogP) is 3.71. The van der Waals surface area contributed by atoms with Gasteiger partial charge in [0.05, 0.1) is 23.6 Å². The lowest BCUT2D eigenvalue weighted by Gasteiger charge is -2.37. The van der Waals surface area contributed by atoms with Crippen molar-refractivity contribution in [3.05, 3.63) is 36.4 Å². The van der Waals surface area contributed by atoms with E-state index >= 15 is 0 Å². The van der Waals surface area contributed by atoms with Gasteiger partial charge in [-0.25, -0.2) is 9.31 Å². The van der Waals surface area contributed by atoms with Crippen LogP contribution in [0.4, 0.5) is 10.5 Å². The van der Waals surface area contributed by atoms with Crippen molar-refractivity contribution in [1.29, 1.82) is 5.26 Å². The van der Waals surface area contributed by atoms with Crippen LogP contribution in [0.15, 0.2) is 30.9 Å². The molecule has 9 nitrogen and oxygen atoms in total. The Morgan fingerprint density at radius 2 is 1.81 bits per heavy atom. The van der Waals surface area contributed by atoms with Gasteiger partial charge in [0.2, 0.25) is 0 Å². The summed E-state index contributed by atoms with van der Waals surface area (Å²) in [6, 6.07) is 4.60. The molecule has 1 aliphatic heterocycles. The van der Waals surface area contributed by atoms with Crippen LogP contribution in [0, 0.1) is 11.3 Å². The second kappa shape index (κ2) is 8.19. The first kappa shape index (κ1) is 21.7. The van der Waals surface area contributed by atoms with Gasteiger partial charge >= 0.3 is 6.09 Å². The van der Waals surface area contributed by atoms with E-state index in [1.165, 1.54) is 0 Å². The number of amides is 1. The highest BCUT2D eigenvalue weighted by atomic mass is 16.6. The third kappa shape index (κ3) is 4.26. The number of fused-ring (bicyclic) bond motifs is 1. The molecule has 168 valence electrons. The van der Waals surface area contributed by atoms with Gasteiger partial charge in [0.1, 0.15) is 17.2 Å². The average Bonchev–Trinajstić information content (AvgIpc) is 3.39. The van der Waals surface area contributed by atoms with Crippen molar-refractivity contribution in [3.8, 4) is 17.2 Å². The zero-order valence-corrected chi connectivity index (χ0v) is 19.2. The van der Waals surface area contributed by atoms with E-state index in [0.29, 0.717) is 31.7 Å². The molecule has 4 rings (SSSR count). The highest BCUT2D eigenvalue weighted by Gasteiger charge is 2.27. The number of nitrogens with zero attached hydrogens (tertiary/aromatic N) is 7. The molecule has 32 heavy (non-hydrogen) atoms. The van der Waals surface area contributed by atoms with E-state index in [-0.39, 0.29) is 12.1 Å². The lowest BCUT2D eigenvalue weighted by Crippen LogP contribution is -2.50. The first-order chi connectivity index (χ1) is 15.2. The van der Waals surface area contributed by atoms with E-state index in [1.54, 1.807) is 15.6 Å². The maximum atomic E-state index is 12.4. The van der Waals surface area contributed by atoms with E-state index in [2.05, 4.69) is 41.1 Å². The van der Waals surface area contributed by atoms with Gasteiger partial charge in [-0.2, -0.15) is 15.5 Å². The molecule has 0 aromatic carbocycles. The molecule has 0 aliphatic carbocycles. The van der Waals surface area contributed by atoms with Gasteiger partial charge in [0.15, 0.2) is 0 Å². The van der Waals surface area contributed by atoms with Crippen LogP contribution < -0.4 is 4.90 Å². The molecule has 4 heterocycles. The van der Waals surface area contributed by atoms with Gasteiger partial charge in [0, 0.05) is 55.7 Å². The fourth-order valence-electron chi connectivity index (χ4n) is 3.81. The summed E-state index contributed by atoms with van der Waals surface area (Å²) in [7, 11) is 0. The highest BCUT2D eigenvalue weighted by molar-refractivity contribution is 5.83. The van der Waals surface area contributed by atoms with Gasteiger partial charge in [-0.05, 0) is 40.7 Å². The first-order valence-electron chi connectivity index (χ1n) is 10.8. The Morgan fingerprint density at radius 3 is 2.41 bits per heavy atom. The fraction of sp³-hybridized carbons (Fsp3) is 0.478. The SMILES string of the molecule is CC(C)n1cc(-c2cc(N3CCN(C(=O)OC(C)(C)C)CC3)c3c(C#N)cnn3c2)cn1. The predicted molar refractivity (Wildman–Crippen MR) is 122 cm³/mol. The largest absolute Gasteiger partial charge is 0.444 e. The minimum absolute atomic E-state index is 0.266. The summed E-state index contributed by atoms with van der Waals surface area (Å²) < 4.78 is 9.19. The molecule has 0 bridgehead atoms. The Hall–Kier alpha value is -3.54. The van der Waals surface area contributed by atoms with Crippen LogP contribution in [-0.2, 0) is 4.74 Å². The lowest BCUT2D eigenvalue weighted by molar-refractivity contribution is 0.0240. The molecule has 0 atom stereocenters. The number of aromatic nitrogens is 4. The van der Waals surface area contributed by atoms with Crippen molar-refractivity contribution in [2.24, 2.45) is 0 Å². The van der Waals surface area contributed by atoms with Gasteiger partial charge in [-0.1, -0.05) is 0 Å². The molecule has 1 amide bonds. The standard InChI is InChI=1S/C23H29N7O2/c1-16(2)29-15-19(13-25-29)17-10-20(21-18(11-24)12-26-30(21)14-17)27-6-8-28(9-7-27)22(31)32-23(3,4)5/h10,12-16H,6-9H2,1-5H3. The zero-order valence-electron chi connectivity index (χ0n) is 19.2. The third-order valence-electron chi connectivity index (χ3n) is 5.45. The Balaban J connectivity index is 1.65. The summed E-state index contributed by atoms with van der Waals surface area (Å²) in [4.78, 5) is 16.4. The molecule has 0 saturated carbocycles. The van der Waals surface area contributed by atoms with E-state index in [1.807, 2.05) is 44.0 Å². The molecule has 9 heteroatoms. The van der Waals surface area contributed by atoms with E-state index in [9.17, 15) is 10.1 Å². The second-order valence-corrected chi connectivity index (χ2v) is 9.33. The zero-order chi connectivity index (χ0) is 23.0. The molecule has 0 radical (unpaired) electrons. The maximum Gasteiger partial charge on any atom is 0.410 e. The molecular weight excluding hydrogens is 406 g/mol. The van der Waals surface area contributed by atoms with Crippen molar-refractivity contribution < 1.29 is 9.53 Å². The Morgan fingerprint density at radius 1 is 1.09 bits per heavy atom. The number of pyridine rings is 1. The number of ether oxygens (including phenoxy) is 1. The van der Waals surface area contributed by atoms with Gasteiger partial charge < -0.3 is 14.5 Å². The van der Waals surface area contributed by atoms with E-state index in [0.717, 1.165) is 22.3 Å². The number of carbonyl (C=O) groups excluding carboxylic acids is 1. The van der Waals surface area contributed by atoms with Crippen LogP contribution in [0.2, 0.25) is 0 Å². The summed E-state index contributed by atoms with van der Waals surface area (Å²) in [6.45, 7) is 12.2. The topological polar surface area (TPSA) is 91.7 Å².